The highest BCUT2D eigenvalue weighted by atomic mass is 19.4. The van der Waals surface area contributed by atoms with Gasteiger partial charge >= 0.3 is 6.18 Å². The first-order valence-electron chi connectivity index (χ1n) is 5.45. The van der Waals surface area contributed by atoms with Gasteiger partial charge in [-0.15, -0.1) is 0 Å². The molecule has 0 radical (unpaired) electrons. The number of nitrogen functional groups attached to an aromatic ring is 1. The fourth-order valence-electron chi connectivity index (χ4n) is 1.79. The van der Waals surface area contributed by atoms with Crippen LogP contribution in [0.4, 0.5) is 18.9 Å². The fraction of sp³-hybridized carbons (Fsp3) is 0.333. The summed E-state index contributed by atoms with van der Waals surface area (Å²) < 4.78 is 42.0. The second-order valence-corrected chi connectivity index (χ2v) is 3.96. The van der Waals surface area contributed by atoms with Gasteiger partial charge in [-0.05, 0) is 18.2 Å². The molecule has 18 heavy (non-hydrogen) atoms. The van der Waals surface area contributed by atoms with Gasteiger partial charge in [0.15, 0.2) is 0 Å². The molecule has 1 heterocycles. The van der Waals surface area contributed by atoms with E-state index in [1.54, 1.807) is 12.3 Å². The molecule has 0 aliphatic rings. The van der Waals surface area contributed by atoms with E-state index in [9.17, 15) is 13.2 Å². The van der Waals surface area contributed by atoms with Crippen molar-refractivity contribution in [2.75, 3.05) is 18.9 Å². The molecular weight excluding hydrogens is 245 g/mol. The van der Waals surface area contributed by atoms with E-state index in [4.69, 9.17) is 5.73 Å². The zero-order valence-corrected chi connectivity index (χ0v) is 9.57. The quantitative estimate of drug-likeness (QED) is 0.676. The van der Waals surface area contributed by atoms with Crippen LogP contribution in [0.2, 0.25) is 0 Å². The van der Waals surface area contributed by atoms with Crippen LogP contribution in [0.25, 0.3) is 10.9 Å². The molecule has 2 N–H and O–H groups in total. The smallest absolute Gasteiger partial charge is 0.398 e. The van der Waals surface area contributed by atoms with Gasteiger partial charge in [-0.1, -0.05) is 6.07 Å². The minimum Gasteiger partial charge on any atom is -0.398 e. The minimum atomic E-state index is -4.27. The van der Waals surface area contributed by atoms with Crippen LogP contribution in [0.1, 0.15) is 0 Å². The Morgan fingerprint density at radius 3 is 2.72 bits per heavy atom. The number of fused-ring (bicyclic) bond motifs is 1. The number of halogens is 3. The van der Waals surface area contributed by atoms with Gasteiger partial charge in [0.2, 0.25) is 0 Å². The van der Waals surface area contributed by atoms with E-state index in [0.29, 0.717) is 12.2 Å². The topological polar surface area (TPSA) is 40.2 Å². The second kappa shape index (κ2) is 4.89. The molecule has 6 heteroatoms. The normalized spacial score (nSPS) is 12.2. The Bertz CT molecular complexity index is 534. The van der Waals surface area contributed by atoms with Crippen molar-refractivity contribution in [3.8, 4) is 0 Å². The summed E-state index contributed by atoms with van der Waals surface area (Å²) in [5.41, 5.74) is 7.34. The van der Waals surface area contributed by atoms with Gasteiger partial charge < -0.3 is 15.0 Å². The number of aromatic nitrogens is 1. The molecule has 0 unspecified atom stereocenters. The van der Waals surface area contributed by atoms with Gasteiger partial charge in [0, 0.05) is 23.8 Å². The molecule has 0 saturated heterocycles. The van der Waals surface area contributed by atoms with Crippen molar-refractivity contribution >= 4 is 16.6 Å². The summed E-state index contributed by atoms with van der Waals surface area (Å²) >= 11 is 0. The molecule has 2 rings (SSSR count). The monoisotopic (exact) mass is 258 g/mol. The average Bonchev–Trinajstić information content (AvgIpc) is 2.68. The molecule has 1 aromatic heterocycles. The first-order chi connectivity index (χ1) is 8.47. The Kier molecular flexibility index (Phi) is 3.47. The molecule has 0 fully saturated rings. The standard InChI is InChI=1S/C12H13F3N2O/c13-12(14,15)8-18-7-6-17-5-4-9-10(16)2-1-3-11(9)17/h1-5H,6-8,16H2. The number of anilines is 1. The Morgan fingerprint density at radius 2 is 2.00 bits per heavy atom. The number of nitrogens with two attached hydrogens (primary N) is 1. The summed E-state index contributed by atoms with van der Waals surface area (Å²) in [6.45, 7) is -0.838. The fourth-order valence-corrected chi connectivity index (χ4v) is 1.79. The van der Waals surface area contributed by atoms with Crippen LogP contribution in [0.3, 0.4) is 0 Å². The number of rotatable bonds is 4. The van der Waals surface area contributed by atoms with Gasteiger partial charge in [0.05, 0.1) is 12.1 Å². The Balaban J connectivity index is 1.98. The van der Waals surface area contributed by atoms with Crippen molar-refractivity contribution in [3.05, 3.63) is 30.5 Å². The highest BCUT2D eigenvalue weighted by molar-refractivity contribution is 5.91. The largest absolute Gasteiger partial charge is 0.411 e. The summed E-state index contributed by atoms with van der Waals surface area (Å²) in [7, 11) is 0. The molecule has 0 aliphatic heterocycles. The molecule has 0 aliphatic carbocycles. The summed E-state index contributed by atoms with van der Waals surface area (Å²) in [6.07, 6.45) is -2.48. The van der Waals surface area contributed by atoms with Crippen LogP contribution in [0, 0.1) is 0 Å². The van der Waals surface area contributed by atoms with Crippen LogP contribution in [-0.4, -0.2) is 24.0 Å². The van der Waals surface area contributed by atoms with Crippen molar-refractivity contribution in [1.29, 1.82) is 0 Å². The zero-order chi connectivity index (χ0) is 13.2. The van der Waals surface area contributed by atoms with Crippen molar-refractivity contribution in [3.63, 3.8) is 0 Å². The summed E-state index contributed by atoms with van der Waals surface area (Å²) in [6, 6.07) is 7.31. The van der Waals surface area contributed by atoms with Crippen LogP contribution < -0.4 is 5.73 Å². The summed E-state index contributed by atoms with van der Waals surface area (Å²) in [5.74, 6) is 0. The SMILES string of the molecule is Nc1cccc2c1ccn2CCOCC(F)(F)F. The van der Waals surface area contributed by atoms with E-state index in [-0.39, 0.29) is 6.61 Å². The van der Waals surface area contributed by atoms with Crippen LogP contribution in [-0.2, 0) is 11.3 Å². The maximum Gasteiger partial charge on any atom is 0.411 e. The molecule has 0 atom stereocenters. The van der Waals surface area contributed by atoms with Crippen molar-refractivity contribution in [1.82, 2.24) is 4.57 Å². The van der Waals surface area contributed by atoms with Gasteiger partial charge in [-0.2, -0.15) is 13.2 Å². The van der Waals surface area contributed by atoms with Crippen molar-refractivity contribution in [2.24, 2.45) is 0 Å². The predicted molar refractivity (Wildman–Crippen MR) is 63.2 cm³/mol. The lowest BCUT2D eigenvalue weighted by molar-refractivity contribution is -0.174. The van der Waals surface area contributed by atoms with Crippen LogP contribution in [0.15, 0.2) is 30.5 Å². The molecule has 0 amide bonds. The Morgan fingerprint density at radius 1 is 1.22 bits per heavy atom. The molecule has 0 bridgehead atoms. The van der Waals surface area contributed by atoms with Crippen LogP contribution in [0.5, 0.6) is 0 Å². The maximum atomic E-state index is 11.9. The van der Waals surface area contributed by atoms with E-state index in [0.717, 1.165) is 10.9 Å². The number of nitrogens with zero attached hydrogens (tertiary/aromatic N) is 1. The van der Waals surface area contributed by atoms with E-state index in [2.05, 4.69) is 4.74 Å². The molecule has 0 saturated carbocycles. The molecule has 0 spiro atoms. The zero-order valence-electron chi connectivity index (χ0n) is 9.57. The first kappa shape index (κ1) is 12.8. The number of alkyl halides is 3. The average molecular weight is 258 g/mol. The molecule has 2 aromatic rings. The third-order valence-electron chi connectivity index (χ3n) is 2.59. The summed E-state index contributed by atoms with van der Waals surface area (Å²) in [5, 5.41) is 0.897. The van der Waals surface area contributed by atoms with E-state index >= 15 is 0 Å². The number of hydrogen-bond acceptors (Lipinski definition) is 2. The third kappa shape index (κ3) is 2.95. The lowest BCUT2D eigenvalue weighted by Crippen LogP contribution is -2.18. The Labute approximate surface area is 102 Å². The van der Waals surface area contributed by atoms with E-state index < -0.39 is 12.8 Å². The third-order valence-corrected chi connectivity index (χ3v) is 2.59. The van der Waals surface area contributed by atoms with E-state index in [1.165, 1.54) is 0 Å². The second-order valence-electron chi connectivity index (χ2n) is 3.96. The maximum absolute atomic E-state index is 11.9. The minimum absolute atomic E-state index is 0.0120. The van der Waals surface area contributed by atoms with Crippen LogP contribution >= 0.6 is 0 Å². The number of ether oxygens (including phenoxy) is 1. The molecule has 3 nitrogen and oxygen atoms in total. The lowest BCUT2D eigenvalue weighted by Gasteiger charge is -2.09. The molecule has 1 aromatic carbocycles. The lowest BCUT2D eigenvalue weighted by atomic mass is 10.2. The van der Waals surface area contributed by atoms with E-state index in [1.807, 2.05) is 22.8 Å². The summed E-state index contributed by atoms with van der Waals surface area (Å²) in [4.78, 5) is 0. The van der Waals surface area contributed by atoms with Gasteiger partial charge in [0.1, 0.15) is 6.61 Å². The highest BCUT2D eigenvalue weighted by Gasteiger charge is 2.27. The first-order valence-corrected chi connectivity index (χ1v) is 5.45. The van der Waals surface area contributed by atoms with Crippen molar-refractivity contribution in [2.45, 2.75) is 12.7 Å². The van der Waals surface area contributed by atoms with Gasteiger partial charge in [-0.25, -0.2) is 0 Å². The predicted octanol–water partition coefficient (Wildman–Crippen LogP) is 2.80. The van der Waals surface area contributed by atoms with Gasteiger partial charge in [-0.3, -0.25) is 0 Å². The molecular formula is C12H13F3N2O. The number of benzene rings is 1. The number of hydrogen-bond donors (Lipinski definition) is 1. The van der Waals surface area contributed by atoms with Gasteiger partial charge in [0.25, 0.3) is 0 Å². The molecule has 98 valence electrons. The Hall–Kier alpha value is -1.69. The highest BCUT2D eigenvalue weighted by Crippen LogP contribution is 2.21. The van der Waals surface area contributed by atoms with Crippen molar-refractivity contribution < 1.29 is 17.9 Å².